The van der Waals surface area contributed by atoms with E-state index in [1.807, 2.05) is 6.92 Å². The van der Waals surface area contributed by atoms with E-state index in [-0.39, 0.29) is 11.9 Å². The van der Waals surface area contributed by atoms with Crippen LogP contribution < -0.4 is 5.32 Å². The quantitative estimate of drug-likeness (QED) is 0.720. The van der Waals surface area contributed by atoms with Crippen LogP contribution in [-0.4, -0.2) is 39.0 Å². The first-order valence-electron chi connectivity index (χ1n) is 7.32. The van der Waals surface area contributed by atoms with Crippen molar-refractivity contribution in [2.45, 2.75) is 6.92 Å². The number of amides is 1. The monoisotopic (exact) mass is 341 g/mol. The standard InChI is InChI=1S/C16H15N5O4/c1-9-8-12(20-21(9)2)14-18-19-16(25-14)17-13(22)10-4-6-11(7-5-10)15(23)24-3/h4-8H,1-3H3,(H,17,19,22). The van der Waals surface area contributed by atoms with E-state index in [4.69, 9.17) is 4.42 Å². The summed E-state index contributed by atoms with van der Waals surface area (Å²) in [4.78, 5) is 23.6. The normalized spacial score (nSPS) is 10.5. The Balaban J connectivity index is 1.72. The molecule has 1 aromatic carbocycles. The van der Waals surface area contributed by atoms with Gasteiger partial charge in [0.15, 0.2) is 0 Å². The van der Waals surface area contributed by atoms with E-state index in [9.17, 15) is 9.59 Å². The average Bonchev–Trinajstić information content (AvgIpc) is 3.21. The molecule has 0 atom stereocenters. The number of carbonyl (C=O) groups excluding carboxylic acids is 2. The van der Waals surface area contributed by atoms with E-state index in [0.717, 1.165) is 5.69 Å². The lowest BCUT2D eigenvalue weighted by Gasteiger charge is -2.02. The summed E-state index contributed by atoms with van der Waals surface area (Å²) in [5.74, 6) is -0.706. The molecule has 0 aliphatic heterocycles. The maximum atomic E-state index is 12.2. The molecule has 0 bridgehead atoms. The molecule has 1 amide bonds. The van der Waals surface area contributed by atoms with Gasteiger partial charge in [-0.2, -0.15) is 5.10 Å². The van der Waals surface area contributed by atoms with Gasteiger partial charge in [-0.3, -0.25) is 14.8 Å². The molecule has 3 aromatic rings. The van der Waals surface area contributed by atoms with Gasteiger partial charge in [0.1, 0.15) is 5.69 Å². The van der Waals surface area contributed by atoms with Crippen LogP contribution in [0.3, 0.4) is 0 Å². The van der Waals surface area contributed by atoms with Crippen molar-refractivity contribution in [2.24, 2.45) is 7.05 Å². The molecule has 3 rings (SSSR count). The topological polar surface area (TPSA) is 112 Å². The van der Waals surface area contributed by atoms with Crippen LogP contribution in [0.15, 0.2) is 34.7 Å². The van der Waals surface area contributed by atoms with E-state index >= 15 is 0 Å². The molecule has 0 radical (unpaired) electrons. The molecule has 128 valence electrons. The van der Waals surface area contributed by atoms with Crippen LogP contribution in [0.5, 0.6) is 0 Å². The summed E-state index contributed by atoms with van der Waals surface area (Å²) in [6.45, 7) is 1.90. The first kappa shape index (κ1) is 16.4. The van der Waals surface area contributed by atoms with Gasteiger partial charge in [0.25, 0.3) is 11.8 Å². The fraction of sp³-hybridized carbons (Fsp3) is 0.188. The third kappa shape index (κ3) is 3.39. The highest BCUT2D eigenvalue weighted by Crippen LogP contribution is 2.19. The average molecular weight is 341 g/mol. The maximum Gasteiger partial charge on any atom is 0.337 e. The molecule has 0 saturated heterocycles. The Kier molecular flexibility index (Phi) is 4.29. The lowest BCUT2D eigenvalue weighted by atomic mass is 10.1. The van der Waals surface area contributed by atoms with E-state index < -0.39 is 11.9 Å². The fourth-order valence-electron chi connectivity index (χ4n) is 2.09. The zero-order valence-electron chi connectivity index (χ0n) is 13.8. The number of ether oxygens (including phenoxy) is 1. The molecule has 0 saturated carbocycles. The second-order valence-corrected chi connectivity index (χ2v) is 5.23. The van der Waals surface area contributed by atoms with Crippen LogP contribution in [0.4, 0.5) is 6.01 Å². The Morgan fingerprint density at radius 2 is 1.84 bits per heavy atom. The van der Waals surface area contributed by atoms with Crippen molar-refractivity contribution in [1.82, 2.24) is 20.0 Å². The van der Waals surface area contributed by atoms with Crippen molar-refractivity contribution in [2.75, 3.05) is 12.4 Å². The Morgan fingerprint density at radius 3 is 2.44 bits per heavy atom. The molecular formula is C16H15N5O4. The van der Waals surface area contributed by atoms with Crippen LogP contribution in [0, 0.1) is 6.92 Å². The number of anilines is 1. The number of rotatable bonds is 4. The summed E-state index contributed by atoms with van der Waals surface area (Å²) in [5, 5.41) is 14.4. The van der Waals surface area contributed by atoms with Crippen molar-refractivity contribution in [3.05, 3.63) is 47.2 Å². The second kappa shape index (κ2) is 6.56. The fourth-order valence-corrected chi connectivity index (χ4v) is 2.09. The summed E-state index contributed by atoms with van der Waals surface area (Å²) < 4.78 is 11.7. The smallest absolute Gasteiger partial charge is 0.337 e. The predicted octanol–water partition coefficient (Wildman–Crippen LogP) is 1.82. The van der Waals surface area contributed by atoms with Crippen LogP contribution >= 0.6 is 0 Å². The first-order valence-corrected chi connectivity index (χ1v) is 7.32. The first-order chi connectivity index (χ1) is 12.0. The minimum Gasteiger partial charge on any atom is -0.465 e. The molecule has 0 spiro atoms. The molecule has 2 aromatic heterocycles. The van der Waals surface area contributed by atoms with Crippen molar-refractivity contribution < 1.29 is 18.7 Å². The number of hydrogen-bond acceptors (Lipinski definition) is 7. The molecule has 2 heterocycles. The Labute approximate surface area is 142 Å². The summed E-state index contributed by atoms with van der Waals surface area (Å²) in [7, 11) is 3.09. The third-order valence-corrected chi connectivity index (χ3v) is 3.55. The highest BCUT2D eigenvalue weighted by atomic mass is 16.5. The van der Waals surface area contributed by atoms with Gasteiger partial charge >= 0.3 is 12.0 Å². The predicted molar refractivity (Wildman–Crippen MR) is 87.0 cm³/mol. The van der Waals surface area contributed by atoms with Gasteiger partial charge in [0, 0.05) is 18.3 Å². The van der Waals surface area contributed by atoms with E-state index in [1.165, 1.54) is 31.4 Å². The Hall–Kier alpha value is -3.49. The van der Waals surface area contributed by atoms with Gasteiger partial charge < -0.3 is 9.15 Å². The molecule has 0 unspecified atom stereocenters. The van der Waals surface area contributed by atoms with Gasteiger partial charge in [-0.1, -0.05) is 5.10 Å². The van der Waals surface area contributed by atoms with Gasteiger partial charge in [-0.25, -0.2) is 4.79 Å². The number of nitrogens with one attached hydrogen (secondary N) is 1. The molecule has 9 nitrogen and oxygen atoms in total. The second-order valence-electron chi connectivity index (χ2n) is 5.23. The molecule has 0 aliphatic rings. The van der Waals surface area contributed by atoms with Crippen molar-refractivity contribution in [1.29, 1.82) is 0 Å². The summed E-state index contributed by atoms with van der Waals surface area (Å²) in [6.07, 6.45) is 0. The number of hydrogen-bond donors (Lipinski definition) is 1. The minimum absolute atomic E-state index is 0.0413. The number of esters is 1. The van der Waals surface area contributed by atoms with E-state index in [2.05, 4.69) is 25.3 Å². The Morgan fingerprint density at radius 1 is 1.16 bits per heavy atom. The van der Waals surface area contributed by atoms with Gasteiger partial charge in [-0.05, 0) is 37.3 Å². The van der Waals surface area contributed by atoms with Gasteiger partial charge in [0.05, 0.1) is 12.7 Å². The third-order valence-electron chi connectivity index (χ3n) is 3.55. The summed E-state index contributed by atoms with van der Waals surface area (Å²) >= 11 is 0. The summed E-state index contributed by atoms with van der Waals surface area (Å²) in [6, 6.07) is 7.75. The van der Waals surface area contributed by atoms with Gasteiger partial charge in [0.2, 0.25) is 0 Å². The highest BCUT2D eigenvalue weighted by molar-refractivity contribution is 6.03. The minimum atomic E-state index is -0.473. The van der Waals surface area contributed by atoms with Crippen LogP contribution in [0.2, 0.25) is 0 Å². The molecule has 1 N–H and O–H groups in total. The summed E-state index contributed by atoms with van der Waals surface area (Å²) in [5.41, 5.74) is 2.14. The maximum absolute atomic E-state index is 12.2. The zero-order valence-corrected chi connectivity index (χ0v) is 13.8. The molecular weight excluding hydrogens is 326 g/mol. The van der Waals surface area contributed by atoms with Crippen molar-refractivity contribution in [3.63, 3.8) is 0 Å². The van der Waals surface area contributed by atoms with E-state index in [0.29, 0.717) is 16.8 Å². The molecule has 9 heteroatoms. The zero-order chi connectivity index (χ0) is 18.0. The van der Waals surface area contributed by atoms with Crippen LogP contribution in [0.25, 0.3) is 11.6 Å². The van der Waals surface area contributed by atoms with Crippen LogP contribution in [-0.2, 0) is 11.8 Å². The van der Waals surface area contributed by atoms with Crippen molar-refractivity contribution >= 4 is 17.9 Å². The number of benzene rings is 1. The SMILES string of the molecule is COC(=O)c1ccc(C(=O)Nc2nnc(-c3cc(C)n(C)n3)o2)cc1. The van der Waals surface area contributed by atoms with E-state index in [1.54, 1.807) is 17.8 Å². The van der Waals surface area contributed by atoms with Gasteiger partial charge in [-0.15, -0.1) is 5.10 Å². The number of carbonyl (C=O) groups is 2. The van der Waals surface area contributed by atoms with Crippen LogP contribution in [0.1, 0.15) is 26.4 Å². The largest absolute Gasteiger partial charge is 0.465 e. The number of aromatic nitrogens is 4. The number of nitrogens with zero attached hydrogens (tertiary/aromatic N) is 4. The molecule has 0 fully saturated rings. The molecule has 0 aliphatic carbocycles. The van der Waals surface area contributed by atoms with Crippen molar-refractivity contribution in [3.8, 4) is 11.6 Å². The number of aryl methyl sites for hydroxylation is 2. The Bertz CT molecular complexity index is 907. The lowest BCUT2D eigenvalue weighted by molar-refractivity contribution is 0.0600. The lowest BCUT2D eigenvalue weighted by Crippen LogP contribution is -2.12. The highest BCUT2D eigenvalue weighted by Gasteiger charge is 2.15. The number of methoxy groups -OCH3 is 1. The molecule has 25 heavy (non-hydrogen) atoms.